The highest BCUT2D eigenvalue weighted by atomic mass is 32.2. The lowest BCUT2D eigenvalue weighted by Crippen LogP contribution is -2.25. The Balaban J connectivity index is 1.85. The summed E-state index contributed by atoms with van der Waals surface area (Å²) in [6.07, 6.45) is 5.95. The second kappa shape index (κ2) is 7.20. The van der Waals surface area contributed by atoms with Crippen molar-refractivity contribution in [3.63, 3.8) is 0 Å². The molecule has 1 aliphatic heterocycles. The molecule has 0 saturated heterocycles. The van der Waals surface area contributed by atoms with Crippen molar-refractivity contribution < 1.29 is 0 Å². The highest BCUT2D eigenvalue weighted by Crippen LogP contribution is 2.26. The summed E-state index contributed by atoms with van der Waals surface area (Å²) in [5.74, 6) is 0. The molecule has 1 aromatic rings. The molecule has 0 spiro atoms. The summed E-state index contributed by atoms with van der Waals surface area (Å²) in [7, 11) is 2.19. The van der Waals surface area contributed by atoms with Crippen molar-refractivity contribution in [2.75, 3.05) is 31.3 Å². The maximum Gasteiger partial charge on any atom is 0.0396 e. The molecule has 3 heteroatoms. The lowest BCUT2D eigenvalue weighted by atomic mass is 9.99. The first kappa shape index (κ1) is 14.7. The highest BCUT2D eigenvalue weighted by molar-refractivity contribution is 7.99. The topological polar surface area (TPSA) is 15.3 Å². The Morgan fingerprint density at radius 3 is 3.05 bits per heavy atom. The molecule has 0 amide bonds. The molecule has 2 nitrogen and oxygen atoms in total. The SMILES string of the molecule is CSC(C)CCNCc1ccc2c(c1)CCCN2C. The first-order valence-electron chi connectivity index (χ1n) is 7.27. The fourth-order valence-electron chi connectivity index (χ4n) is 2.60. The van der Waals surface area contributed by atoms with Gasteiger partial charge in [-0.15, -0.1) is 0 Å². The maximum absolute atomic E-state index is 3.56. The number of nitrogens with one attached hydrogen (secondary N) is 1. The van der Waals surface area contributed by atoms with E-state index in [0.717, 1.165) is 18.3 Å². The van der Waals surface area contributed by atoms with Gasteiger partial charge in [-0.25, -0.2) is 0 Å². The fourth-order valence-corrected chi connectivity index (χ4v) is 2.96. The molecule has 0 saturated carbocycles. The third-order valence-corrected chi connectivity index (χ3v) is 4.99. The Hall–Kier alpha value is -0.670. The van der Waals surface area contributed by atoms with E-state index in [2.05, 4.69) is 48.6 Å². The van der Waals surface area contributed by atoms with Crippen molar-refractivity contribution >= 4 is 17.4 Å². The van der Waals surface area contributed by atoms with E-state index >= 15 is 0 Å². The van der Waals surface area contributed by atoms with Gasteiger partial charge in [0.2, 0.25) is 0 Å². The maximum atomic E-state index is 3.56. The van der Waals surface area contributed by atoms with E-state index in [4.69, 9.17) is 0 Å². The van der Waals surface area contributed by atoms with E-state index in [1.807, 2.05) is 11.8 Å². The number of rotatable bonds is 6. The number of thioether (sulfide) groups is 1. The lowest BCUT2D eigenvalue weighted by molar-refractivity contribution is 0.646. The third-order valence-electron chi connectivity index (χ3n) is 3.95. The molecule has 0 fully saturated rings. The van der Waals surface area contributed by atoms with Crippen LogP contribution in [0.2, 0.25) is 0 Å². The van der Waals surface area contributed by atoms with Gasteiger partial charge in [0, 0.05) is 31.1 Å². The zero-order chi connectivity index (χ0) is 13.7. The largest absolute Gasteiger partial charge is 0.374 e. The molecule has 1 aliphatic rings. The van der Waals surface area contributed by atoms with Crippen LogP contribution < -0.4 is 10.2 Å². The highest BCUT2D eigenvalue weighted by Gasteiger charge is 2.13. The van der Waals surface area contributed by atoms with Crippen molar-refractivity contribution in [1.82, 2.24) is 5.32 Å². The average molecular weight is 278 g/mol. The fraction of sp³-hybridized carbons (Fsp3) is 0.625. The number of hydrogen-bond acceptors (Lipinski definition) is 3. The van der Waals surface area contributed by atoms with Gasteiger partial charge in [-0.2, -0.15) is 11.8 Å². The smallest absolute Gasteiger partial charge is 0.0396 e. The summed E-state index contributed by atoms with van der Waals surface area (Å²) in [5, 5.41) is 4.31. The minimum absolute atomic E-state index is 0.754. The van der Waals surface area contributed by atoms with Crippen LogP contribution in [0.15, 0.2) is 18.2 Å². The van der Waals surface area contributed by atoms with Crippen molar-refractivity contribution in [3.05, 3.63) is 29.3 Å². The van der Waals surface area contributed by atoms with Gasteiger partial charge in [0.25, 0.3) is 0 Å². The molecule has 2 rings (SSSR count). The molecule has 0 aromatic heterocycles. The number of anilines is 1. The van der Waals surface area contributed by atoms with E-state index in [-0.39, 0.29) is 0 Å². The van der Waals surface area contributed by atoms with E-state index in [9.17, 15) is 0 Å². The molecule has 1 N–H and O–H groups in total. The van der Waals surface area contributed by atoms with Crippen LogP contribution in [-0.4, -0.2) is 31.6 Å². The molecule has 1 heterocycles. The summed E-state index contributed by atoms with van der Waals surface area (Å²) < 4.78 is 0. The van der Waals surface area contributed by atoms with Crippen LogP contribution in [0.5, 0.6) is 0 Å². The molecular formula is C16H26N2S. The van der Waals surface area contributed by atoms with Crippen LogP contribution in [0.1, 0.15) is 30.9 Å². The number of aryl methyl sites for hydroxylation is 1. The van der Waals surface area contributed by atoms with Gasteiger partial charge in [0.1, 0.15) is 0 Å². The normalized spacial score (nSPS) is 16.3. The number of benzene rings is 1. The first-order valence-corrected chi connectivity index (χ1v) is 8.56. The molecule has 106 valence electrons. The number of nitrogens with zero attached hydrogens (tertiary/aromatic N) is 1. The molecule has 0 aliphatic carbocycles. The Kier molecular flexibility index (Phi) is 5.59. The molecule has 1 aromatic carbocycles. The van der Waals surface area contributed by atoms with Crippen LogP contribution in [-0.2, 0) is 13.0 Å². The summed E-state index contributed by atoms with van der Waals surface area (Å²) in [6.45, 7) is 5.59. The van der Waals surface area contributed by atoms with Crippen LogP contribution in [0.4, 0.5) is 5.69 Å². The van der Waals surface area contributed by atoms with E-state index in [1.165, 1.54) is 42.6 Å². The minimum Gasteiger partial charge on any atom is -0.374 e. The molecule has 1 atom stereocenters. The quantitative estimate of drug-likeness (QED) is 0.804. The summed E-state index contributed by atoms with van der Waals surface area (Å²) in [4.78, 5) is 2.37. The molecule has 0 radical (unpaired) electrons. The van der Waals surface area contributed by atoms with Crippen molar-refractivity contribution in [1.29, 1.82) is 0 Å². The Morgan fingerprint density at radius 1 is 1.42 bits per heavy atom. The van der Waals surface area contributed by atoms with Gasteiger partial charge in [-0.3, -0.25) is 0 Å². The van der Waals surface area contributed by atoms with Gasteiger partial charge < -0.3 is 10.2 Å². The van der Waals surface area contributed by atoms with E-state index in [0.29, 0.717) is 0 Å². The van der Waals surface area contributed by atoms with Gasteiger partial charge >= 0.3 is 0 Å². The molecular weight excluding hydrogens is 252 g/mol. The van der Waals surface area contributed by atoms with Crippen LogP contribution in [0.3, 0.4) is 0 Å². The van der Waals surface area contributed by atoms with E-state index < -0.39 is 0 Å². The molecule has 19 heavy (non-hydrogen) atoms. The molecule has 1 unspecified atom stereocenters. The predicted octanol–water partition coefficient (Wildman–Crippen LogP) is 3.30. The zero-order valence-corrected chi connectivity index (χ0v) is 13.2. The van der Waals surface area contributed by atoms with Crippen molar-refractivity contribution in [3.8, 4) is 0 Å². The van der Waals surface area contributed by atoms with Crippen LogP contribution >= 0.6 is 11.8 Å². The summed E-state index contributed by atoms with van der Waals surface area (Å²) in [5.41, 5.74) is 4.36. The monoisotopic (exact) mass is 278 g/mol. The van der Waals surface area contributed by atoms with Crippen molar-refractivity contribution in [2.45, 2.75) is 38.0 Å². The second-order valence-corrected chi connectivity index (χ2v) is 6.78. The standard InChI is InChI=1S/C16H26N2S/c1-13(19-3)8-9-17-12-14-6-7-16-15(11-14)5-4-10-18(16)2/h6-7,11,13,17H,4-5,8-10,12H2,1-3H3. The molecule has 0 bridgehead atoms. The van der Waals surface area contributed by atoms with Crippen molar-refractivity contribution in [2.24, 2.45) is 0 Å². The Bertz CT molecular complexity index is 406. The number of fused-ring (bicyclic) bond motifs is 1. The Morgan fingerprint density at radius 2 is 2.26 bits per heavy atom. The predicted molar refractivity (Wildman–Crippen MR) is 87.3 cm³/mol. The zero-order valence-electron chi connectivity index (χ0n) is 12.4. The van der Waals surface area contributed by atoms with Gasteiger partial charge in [0.05, 0.1) is 0 Å². The average Bonchev–Trinajstić information content (AvgIpc) is 2.43. The van der Waals surface area contributed by atoms with E-state index in [1.54, 1.807) is 0 Å². The van der Waals surface area contributed by atoms with Gasteiger partial charge in [-0.1, -0.05) is 19.1 Å². The Labute approximate surface area is 122 Å². The minimum atomic E-state index is 0.754. The first-order chi connectivity index (χ1) is 9.20. The van der Waals surface area contributed by atoms with Crippen LogP contribution in [0.25, 0.3) is 0 Å². The second-order valence-electron chi connectivity index (χ2n) is 5.50. The lowest BCUT2D eigenvalue weighted by Gasteiger charge is -2.27. The van der Waals surface area contributed by atoms with Gasteiger partial charge in [-0.05, 0) is 49.3 Å². The third kappa shape index (κ3) is 4.15. The summed E-state index contributed by atoms with van der Waals surface area (Å²) >= 11 is 1.94. The van der Waals surface area contributed by atoms with Crippen LogP contribution in [0, 0.1) is 0 Å². The number of hydrogen-bond donors (Lipinski definition) is 1. The summed E-state index contributed by atoms with van der Waals surface area (Å²) in [6, 6.07) is 6.94. The van der Waals surface area contributed by atoms with Gasteiger partial charge in [0.15, 0.2) is 0 Å².